The largest absolute Gasteiger partial charge is 0.454 e. The van der Waals surface area contributed by atoms with Crippen molar-refractivity contribution in [1.82, 2.24) is 0 Å². The number of rotatable bonds is 3. The number of benzene rings is 2. The van der Waals surface area contributed by atoms with Gasteiger partial charge in [0.1, 0.15) is 5.58 Å². The first kappa shape index (κ1) is 26.3. The summed E-state index contributed by atoms with van der Waals surface area (Å²) in [5.41, 5.74) is 3.16. The molecule has 0 spiro atoms. The average Bonchev–Trinajstić information content (AvgIpc) is 3.14. The molecule has 2 heteroatoms. The Kier molecular flexibility index (Phi) is 16.7. The molecule has 0 aliphatic carbocycles. The number of hydrogen-bond donors (Lipinski definition) is 0. The Bertz CT molecular complexity index is 681. The third-order valence-corrected chi connectivity index (χ3v) is 3.49. The maximum atomic E-state index is 6.03. The number of anilines is 1. The van der Waals surface area contributed by atoms with Crippen LogP contribution in [0.15, 0.2) is 46.9 Å². The fraction of sp³-hybridized carbons (Fsp3) is 0.500. The standard InChI is InChI=1S/C16H17NO.4C2H6/c1-3-17(4-2)14-10-7-9-13-12-8-5-6-11-15(12)18-16(13)14;4*1-2/h5-11H,3-4H2,1-2H3;4*1-2H3. The first-order valence-electron chi connectivity index (χ1n) is 10.5. The monoisotopic (exact) mass is 359 g/mol. The van der Waals surface area contributed by atoms with Crippen LogP contribution in [-0.4, -0.2) is 13.1 Å². The summed E-state index contributed by atoms with van der Waals surface area (Å²) in [7, 11) is 0. The summed E-state index contributed by atoms with van der Waals surface area (Å²) in [6.45, 7) is 22.3. The summed E-state index contributed by atoms with van der Waals surface area (Å²) in [6.07, 6.45) is 0. The quantitative estimate of drug-likeness (QED) is 0.466. The van der Waals surface area contributed by atoms with Crippen LogP contribution in [0.1, 0.15) is 69.2 Å². The summed E-state index contributed by atoms with van der Waals surface area (Å²) in [6, 6.07) is 14.6. The van der Waals surface area contributed by atoms with Gasteiger partial charge in [-0.2, -0.15) is 0 Å². The number of para-hydroxylation sites is 2. The van der Waals surface area contributed by atoms with Gasteiger partial charge < -0.3 is 9.32 Å². The van der Waals surface area contributed by atoms with E-state index in [0.717, 1.165) is 24.3 Å². The van der Waals surface area contributed by atoms with Crippen LogP contribution in [0.5, 0.6) is 0 Å². The molecule has 0 aliphatic heterocycles. The molecule has 148 valence electrons. The molecule has 3 rings (SSSR count). The van der Waals surface area contributed by atoms with Crippen molar-refractivity contribution in [2.75, 3.05) is 18.0 Å². The van der Waals surface area contributed by atoms with Crippen LogP contribution >= 0.6 is 0 Å². The Labute approximate surface area is 162 Å². The lowest BCUT2D eigenvalue weighted by Crippen LogP contribution is -2.21. The second kappa shape index (κ2) is 16.5. The van der Waals surface area contributed by atoms with Crippen molar-refractivity contribution in [2.45, 2.75) is 69.2 Å². The van der Waals surface area contributed by atoms with Gasteiger partial charge in [0, 0.05) is 23.9 Å². The molecule has 1 heterocycles. The van der Waals surface area contributed by atoms with E-state index in [9.17, 15) is 0 Å². The van der Waals surface area contributed by atoms with Crippen LogP contribution in [0, 0.1) is 0 Å². The van der Waals surface area contributed by atoms with E-state index in [1.54, 1.807) is 0 Å². The highest BCUT2D eigenvalue weighted by atomic mass is 16.3. The van der Waals surface area contributed by atoms with E-state index >= 15 is 0 Å². The molecule has 26 heavy (non-hydrogen) atoms. The Balaban J connectivity index is 0. The van der Waals surface area contributed by atoms with E-state index in [1.807, 2.05) is 67.5 Å². The molecule has 1 aromatic heterocycles. The smallest absolute Gasteiger partial charge is 0.158 e. The van der Waals surface area contributed by atoms with E-state index in [2.05, 4.69) is 49.1 Å². The zero-order chi connectivity index (χ0) is 20.5. The van der Waals surface area contributed by atoms with Crippen LogP contribution in [-0.2, 0) is 0 Å². The van der Waals surface area contributed by atoms with Crippen LogP contribution < -0.4 is 4.90 Å². The lowest BCUT2D eigenvalue weighted by Gasteiger charge is -2.20. The number of furan rings is 1. The van der Waals surface area contributed by atoms with E-state index in [0.29, 0.717) is 0 Å². The third kappa shape index (κ3) is 6.40. The normalized spacial score (nSPS) is 8.69. The van der Waals surface area contributed by atoms with E-state index in [4.69, 9.17) is 4.42 Å². The van der Waals surface area contributed by atoms with E-state index in [-0.39, 0.29) is 0 Å². The predicted molar refractivity (Wildman–Crippen MR) is 123 cm³/mol. The van der Waals surface area contributed by atoms with E-state index in [1.165, 1.54) is 16.5 Å². The van der Waals surface area contributed by atoms with Gasteiger partial charge in [0.25, 0.3) is 0 Å². The number of nitrogens with zero attached hydrogens (tertiary/aromatic N) is 1. The first-order valence-corrected chi connectivity index (χ1v) is 10.5. The van der Waals surface area contributed by atoms with Gasteiger partial charge in [-0.05, 0) is 26.0 Å². The fourth-order valence-corrected chi connectivity index (χ4v) is 2.55. The summed E-state index contributed by atoms with van der Waals surface area (Å²) >= 11 is 0. The molecule has 0 radical (unpaired) electrons. The minimum atomic E-state index is 0.965. The molecule has 0 atom stereocenters. The lowest BCUT2D eigenvalue weighted by molar-refractivity contribution is 0.665. The van der Waals surface area contributed by atoms with Crippen LogP contribution in [0.4, 0.5) is 5.69 Å². The molecule has 0 bridgehead atoms. The third-order valence-electron chi connectivity index (χ3n) is 3.49. The fourth-order valence-electron chi connectivity index (χ4n) is 2.55. The molecule has 0 aliphatic rings. The summed E-state index contributed by atoms with van der Waals surface area (Å²) < 4.78 is 6.03. The summed E-state index contributed by atoms with van der Waals surface area (Å²) in [5, 5.41) is 2.40. The highest BCUT2D eigenvalue weighted by Crippen LogP contribution is 2.34. The zero-order valence-electron chi connectivity index (χ0n) is 18.8. The highest BCUT2D eigenvalue weighted by molar-refractivity contribution is 6.08. The Morgan fingerprint density at radius 3 is 1.69 bits per heavy atom. The topological polar surface area (TPSA) is 16.4 Å². The van der Waals surface area contributed by atoms with Gasteiger partial charge in [-0.3, -0.25) is 0 Å². The number of fused-ring (bicyclic) bond motifs is 3. The van der Waals surface area contributed by atoms with Gasteiger partial charge in [-0.25, -0.2) is 0 Å². The maximum Gasteiger partial charge on any atom is 0.158 e. The molecular formula is C24H41NO. The van der Waals surface area contributed by atoms with Gasteiger partial charge >= 0.3 is 0 Å². The van der Waals surface area contributed by atoms with Crippen LogP contribution in [0.25, 0.3) is 21.9 Å². The summed E-state index contributed by atoms with van der Waals surface area (Å²) in [4.78, 5) is 2.32. The maximum absolute atomic E-state index is 6.03. The van der Waals surface area contributed by atoms with Gasteiger partial charge in [-0.1, -0.05) is 85.7 Å². The molecule has 3 aromatic rings. The summed E-state index contributed by atoms with van der Waals surface area (Å²) in [5.74, 6) is 0. The molecule has 0 amide bonds. The van der Waals surface area contributed by atoms with Crippen molar-refractivity contribution in [3.05, 3.63) is 42.5 Å². The Morgan fingerprint density at radius 2 is 1.15 bits per heavy atom. The minimum Gasteiger partial charge on any atom is -0.454 e. The van der Waals surface area contributed by atoms with Crippen LogP contribution in [0.2, 0.25) is 0 Å². The molecule has 0 saturated heterocycles. The molecule has 0 N–H and O–H groups in total. The van der Waals surface area contributed by atoms with Crippen molar-refractivity contribution < 1.29 is 4.42 Å². The van der Waals surface area contributed by atoms with Gasteiger partial charge in [0.2, 0.25) is 0 Å². The van der Waals surface area contributed by atoms with E-state index < -0.39 is 0 Å². The molecular weight excluding hydrogens is 318 g/mol. The van der Waals surface area contributed by atoms with Gasteiger partial charge in [0.05, 0.1) is 5.69 Å². The second-order valence-corrected chi connectivity index (χ2v) is 4.42. The van der Waals surface area contributed by atoms with Crippen molar-refractivity contribution >= 4 is 27.6 Å². The van der Waals surface area contributed by atoms with Crippen molar-refractivity contribution in [2.24, 2.45) is 0 Å². The first-order chi connectivity index (χ1) is 12.8. The predicted octanol–water partition coefficient (Wildman–Crippen LogP) is 8.54. The van der Waals surface area contributed by atoms with Crippen molar-refractivity contribution in [3.8, 4) is 0 Å². The van der Waals surface area contributed by atoms with Gasteiger partial charge in [0.15, 0.2) is 5.58 Å². The highest BCUT2D eigenvalue weighted by Gasteiger charge is 2.12. The lowest BCUT2D eigenvalue weighted by atomic mass is 10.1. The average molecular weight is 360 g/mol. The molecule has 0 fully saturated rings. The molecule has 2 aromatic carbocycles. The Morgan fingerprint density at radius 1 is 0.654 bits per heavy atom. The zero-order valence-corrected chi connectivity index (χ0v) is 18.8. The van der Waals surface area contributed by atoms with Crippen molar-refractivity contribution in [3.63, 3.8) is 0 Å². The molecule has 0 saturated carbocycles. The Hall–Kier alpha value is -1.96. The van der Waals surface area contributed by atoms with Crippen molar-refractivity contribution in [1.29, 1.82) is 0 Å². The SMILES string of the molecule is CC.CC.CC.CC.CCN(CC)c1cccc2c1oc1ccccc12. The van der Waals surface area contributed by atoms with Crippen LogP contribution in [0.3, 0.4) is 0 Å². The minimum absolute atomic E-state index is 0.965. The van der Waals surface area contributed by atoms with Gasteiger partial charge in [-0.15, -0.1) is 0 Å². The molecule has 2 nitrogen and oxygen atoms in total. The number of hydrogen-bond acceptors (Lipinski definition) is 2. The second-order valence-electron chi connectivity index (χ2n) is 4.42. The molecule has 0 unspecified atom stereocenters.